The molecule has 1 aliphatic rings. The maximum atomic E-state index is 13.9. The van der Waals surface area contributed by atoms with Crippen LogP contribution in [0.2, 0.25) is 5.02 Å². The lowest BCUT2D eigenvalue weighted by Crippen LogP contribution is -2.47. The number of nitrogens with two attached hydrogens (primary N) is 1. The SMILES string of the molecule is CCOc1cc(N)c(Cl)cc1C(=O)NCC1CN(Cc2ccc(F)cc2F)CCO1. The number of carbonyl (C=O) groups excluding carboxylic acids is 1. The average Bonchev–Trinajstić information content (AvgIpc) is 2.71. The highest BCUT2D eigenvalue weighted by Gasteiger charge is 2.23. The number of nitrogen functional groups attached to an aromatic ring is 1. The van der Waals surface area contributed by atoms with Gasteiger partial charge in [-0.15, -0.1) is 0 Å². The highest BCUT2D eigenvalue weighted by Crippen LogP contribution is 2.29. The quantitative estimate of drug-likeness (QED) is 0.648. The molecule has 0 aromatic heterocycles. The first-order valence-corrected chi connectivity index (χ1v) is 10.0. The molecule has 3 rings (SSSR count). The van der Waals surface area contributed by atoms with Gasteiger partial charge < -0.3 is 20.5 Å². The Morgan fingerprint density at radius 3 is 2.90 bits per heavy atom. The van der Waals surface area contributed by atoms with Crippen molar-refractivity contribution in [3.05, 3.63) is 58.1 Å². The predicted molar refractivity (Wildman–Crippen MR) is 111 cm³/mol. The second-order valence-corrected chi connectivity index (χ2v) is 7.38. The standard InChI is InChI=1S/C21H24ClF2N3O3/c1-2-29-20-9-19(25)17(22)8-16(20)21(28)26-10-15-12-27(5-6-30-15)11-13-3-4-14(23)7-18(13)24/h3-4,7-9,15H,2,5-6,10-12,25H2,1H3,(H,26,28). The van der Waals surface area contributed by atoms with E-state index in [0.29, 0.717) is 49.8 Å². The first kappa shape index (κ1) is 22.3. The van der Waals surface area contributed by atoms with E-state index in [4.69, 9.17) is 26.8 Å². The topological polar surface area (TPSA) is 76.8 Å². The average molecular weight is 440 g/mol. The number of hydrogen-bond donors (Lipinski definition) is 2. The van der Waals surface area contributed by atoms with Gasteiger partial charge in [0.25, 0.3) is 5.91 Å². The van der Waals surface area contributed by atoms with Crippen molar-refractivity contribution in [1.82, 2.24) is 10.2 Å². The number of halogens is 3. The van der Waals surface area contributed by atoms with Crippen LogP contribution >= 0.6 is 11.6 Å². The lowest BCUT2D eigenvalue weighted by molar-refractivity contribution is -0.0295. The minimum Gasteiger partial charge on any atom is -0.493 e. The van der Waals surface area contributed by atoms with E-state index in [9.17, 15) is 13.6 Å². The maximum Gasteiger partial charge on any atom is 0.255 e. The summed E-state index contributed by atoms with van der Waals surface area (Å²) in [7, 11) is 0. The van der Waals surface area contributed by atoms with Gasteiger partial charge in [0.15, 0.2) is 0 Å². The number of nitrogens with zero attached hydrogens (tertiary/aromatic N) is 1. The minimum atomic E-state index is -0.604. The van der Waals surface area contributed by atoms with Crippen LogP contribution in [-0.4, -0.2) is 49.8 Å². The molecule has 0 radical (unpaired) electrons. The van der Waals surface area contributed by atoms with Crippen LogP contribution in [0.15, 0.2) is 30.3 Å². The van der Waals surface area contributed by atoms with E-state index in [0.717, 1.165) is 6.07 Å². The number of benzene rings is 2. The van der Waals surface area contributed by atoms with E-state index in [-0.39, 0.29) is 29.1 Å². The van der Waals surface area contributed by atoms with Gasteiger partial charge in [-0.2, -0.15) is 0 Å². The molecule has 1 amide bonds. The summed E-state index contributed by atoms with van der Waals surface area (Å²) in [5.74, 6) is -1.18. The zero-order valence-electron chi connectivity index (χ0n) is 16.6. The van der Waals surface area contributed by atoms with E-state index in [1.807, 2.05) is 4.90 Å². The molecule has 162 valence electrons. The molecule has 1 heterocycles. The Morgan fingerprint density at radius 2 is 2.17 bits per heavy atom. The Hall–Kier alpha value is -2.42. The molecule has 1 fully saturated rings. The highest BCUT2D eigenvalue weighted by molar-refractivity contribution is 6.33. The Morgan fingerprint density at radius 1 is 1.37 bits per heavy atom. The number of hydrogen-bond acceptors (Lipinski definition) is 5. The minimum absolute atomic E-state index is 0.259. The second kappa shape index (κ2) is 10.1. The molecule has 1 aliphatic heterocycles. The number of nitrogens with one attached hydrogen (secondary N) is 1. The molecular weight excluding hydrogens is 416 g/mol. The van der Waals surface area contributed by atoms with Crippen LogP contribution < -0.4 is 15.8 Å². The molecule has 2 aromatic rings. The molecule has 30 heavy (non-hydrogen) atoms. The Balaban J connectivity index is 1.59. The third-order valence-corrected chi connectivity index (χ3v) is 5.09. The number of ether oxygens (including phenoxy) is 2. The fourth-order valence-corrected chi connectivity index (χ4v) is 3.43. The predicted octanol–water partition coefficient (Wildman–Crippen LogP) is 3.23. The van der Waals surface area contributed by atoms with E-state index >= 15 is 0 Å². The summed E-state index contributed by atoms with van der Waals surface area (Å²) in [5.41, 5.74) is 6.83. The number of carbonyl (C=O) groups is 1. The van der Waals surface area contributed by atoms with Gasteiger partial charge in [0.05, 0.1) is 35.6 Å². The molecular formula is C21H24ClF2N3O3. The van der Waals surface area contributed by atoms with Crippen molar-refractivity contribution in [2.75, 3.05) is 38.6 Å². The fourth-order valence-electron chi connectivity index (χ4n) is 3.26. The van der Waals surface area contributed by atoms with Crippen molar-refractivity contribution in [2.45, 2.75) is 19.6 Å². The zero-order valence-corrected chi connectivity index (χ0v) is 17.3. The fraction of sp³-hybridized carbons (Fsp3) is 0.381. The first-order valence-electron chi connectivity index (χ1n) is 9.65. The Bertz CT molecular complexity index is 913. The molecule has 0 aliphatic carbocycles. The van der Waals surface area contributed by atoms with Crippen molar-refractivity contribution >= 4 is 23.2 Å². The summed E-state index contributed by atoms with van der Waals surface area (Å²) in [6, 6.07) is 6.56. The van der Waals surface area contributed by atoms with Crippen LogP contribution in [-0.2, 0) is 11.3 Å². The van der Waals surface area contributed by atoms with Crippen molar-refractivity contribution in [3.8, 4) is 5.75 Å². The largest absolute Gasteiger partial charge is 0.493 e. The van der Waals surface area contributed by atoms with Gasteiger partial charge in [-0.25, -0.2) is 8.78 Å². The van der Waals surface area contributed by atoms with Gasteiger partial charge in [0.1, 0.15) is 17.4 Å². The molecule has 1 atom stereocenters. The van der Waals surface area contributed by atoms with Crippen LogP contribution in [0.25, 0.3) is 0 Å². The molecule has 0 saturated carbocycles. The molecule has 1 unspecified atom stereocenters. The Labute approximate surface area is 178 Å². The van der Waals surface area contributed by atoms with Gasteiger partial charge in [-0.3, -0.25) is 9.69 Å². The van der Waals surface area contributed by atoms with Crippen LogP contribution in [0.1, 0.15) is 22.8 Å². The van der Waals surface area contributed by atoms with Gasteiger partial charge in [-0.05, 0) is 19.1 Å². The molecule has 9 heteroatoms. The summed E-state index contributed by atoms with van der Waals surface area (Å²) in [6.07, 6.45) is -0.272. The third-order valence-electron chi connectivity index (χ3n) is 4.77. The van der Waals surface area contributed by atoms with Crippen LogP contribution in [0, 0.1) is 11.6 Å². The van der Waals surface area contributed by atoms with Gasteiger partial charge in [0, 0.05) is 43.9 Å². The van der Waals surface area contributed by atoms with Crippen molar-refractivity contribution < 1.29 is 23.0 Å². The zero-order chi connectivity index (χ0) is 21.7. The normalized spacial score (nSPS) is 17.0. The van der Waals surface area contributed by atoms with Crippen molar-refractivity contribution in [1.29, 1.82) is 0 Å². The maximum absolute atomic E-state index is 13.9. The monoisotopic (exact) mass is 439 g/mol. The summed E-state index contributed by atoms with van der Waals surface area (Å²) in [5, 5.41) is 3.09. The lowest BCUT2D eigenvalue weighted by atomic mass is 10.1. The van der Waals surface area contributed by atoms with Crippen LogP contribution in [0.4, 0.5) is 14.5 Å². The molecule has 2 aromatic carbocycles. The van der Waals surface area contributed by atoms with E-state index in [1.165, 1.54) is 24.3 Å². The third kappa shape index (κ3) is 5.59. The number of rotatable bonds is 7. The van der Waals surface area contributed by atoms with Crippen LogP contribution in [0.5, 0.6) is 5.75 Å². The lowest BCUT2D eigenvalue weighted by Gasteiger charge is -2.33. The van der Waals surface area contributed by atoms with Gasteiger partial charge in [0.2, 0.25) is 0 Å². The molecule has 6 nitrogen and oxygen atoms in total. The summed E-state index contributed by atoms with van der Waals surface area (Å²) < 4.78 is 38.2. The second-order valence-electron chi connectivity index (χ2n) is 6.98. The molecule has 3 N–H and O–H groups in total. The van der Waals surface area contributed by atoms with Crippen molar-refractivity contribution in [3.63, 3.8) is 0 Å². The smallest absolute Gasteiger partial charge is 0.255 e. The van der Waals surface area contributed by atoms with E-state index in [2.05, 4.69) is 5.32 Å². The highest BCUT2D eigenvalue weighted by atomic mass is 35.5. The summed E-state index contributed by atoms with van der Waals surface area (Å²) >= 11 is 6.05. The molecule has 0 spiro atoms. The van der Waals surface area contributed by atoms with Gasteiger partial charge >= 0.3 is 0 Å². The number of anilines is 1. The van der Waals surface area contributed by atoms with E-state index < -0.39 is 11.6 Å². The Kier molecular flexibility index (Phi) is 7.47. The first-order chi connectivity index (χ1) is 14.4. The summed E-state index contributed by atoms with van der Waals surface area (Å²) in [6.45, 7) is 4.34. The summed E-state index contributed by atoms with van der Waals surface area (Å²) in [4.78, 5) is 14.7. The molecule has 0 bridgehead atoms. The van der Waals surface area contributed by atoms with Crippen LogP contribution in [0.3, 0.4) is 0 Å². The number of amides is 1. The van der Waals surface area contributed by atoms with E-state index in [1.54, 1.807) is 6.92 Å². The molecule has 1 saturated heterocycles. The van der Waals surface area contributed by atoms with Gasteiger partial charge in [-0.1, -0.05) is 17.7 Å². The van der Waals surface area contributed by atoms with Crippen molar-refractivity contribution in [2.24, 2.45) is 0 Å². The number of morpholine rings is 1.